The SMILES string of the molecule is CCOC(=O)c1csc(C2CCN([C@H](C)c3cnccn3)CC2)n1. The number of rotatable bonds is 5. The Labute approximate surface area is 145 Å². The lowest BCUT2D eigenvalue weighted by Crippen LogP contribution is -2.35. The van der Waals surface area contributed by atoms with Gasteiger partial charge >= 0.3 is 5.97 Å². The van der Waals surface area contributed by atoms with Crippen LogP contribution in [0.15, 0.2) is 24.0 Å². The second-order valence-electron chi connectivity index (χ2n) is 5.91. The smallest absolute Gasteiger partial charge is 0.357 e. The molecule has 0 bridgehead atoms. The van der Waals surface area contributed by atoms with Gasteiger partial charge in [0.15, 0.2) is 5.69 Å². The minimum Gasteiger partial charge on any atom is -0.461 e. The highest BCUT2D eigenvalue weighted by Crippen LogP contribution is 2.33. The van der Waals surface area contributed by atoms with E-state index >= 15 is 0 Å². The van der Waals surface area contributed by atoms with E-state index in [1.165, 1.54) is 0 Å². The number of nitrogens with zero attached hydrogens (tertiary/aromatic N) is 4. The summed E-state index contributed by atoms with van der Waals surface area (Å²) in [5, 5.41) is 2.85. The van der Waals surface area contributed by atoms with Crippen LogP contribution in [0.1, 0.15) is 59.8 Å². The number of thiazole rings is 1. The summed E-state index contributed by atoms with van der Waals surface area (Å²) in [4.78, 5) is 27.2. The minimum absolute atomic E-state index is 0.269. The first-order valence-corrected chi connectivity index (χ1v) is 9.19. The van der Waals surface area contributed by atoms with Crippen LogP contribution in [0.3, 0.4) is 0 Å². The Morgan fingerprint density at radius 3 is 2.88 bits per heavy atom. The number of aromatic nitrogens is 3. The average Bonchev–Trinajstić information content (AvgIpc) is 3.12. The Morgan fingerprint density at radius 2 is 2.21 bits per heavy atom. The fourth-order valence-corrected chi connectivity index (χ4v) is 3.98. The van der Waals surface area contributed by atoms with Gasteiger partial charge in [-0.15, -0.1) is 11.3 Å². The standard InChI is InChI=1S/C17H22N4O2S/c1-3-23-17(22)15-11-24-16(20-15)13-4-8-21(9-5-13)12(2)14-10-18-6-7-19-14/h6-7,10-13H,3-5,8-9H2,1-2H3/t12-/m1/s1. The van der Waals surface area contributed by atoms with Crippen molar-refractivity contribution in [2.24, 2.45) is 0 Å². The normalized spacial score (nSPS) is 17.6. The molecule has 3 rings (SSSR count). The third-order valence-electron chi connectivity index (χ3n) is 4.44. The lowest BCUT2D eigenvalue weighted by Gasteiger charge is -2.35. The van der Waals surface area contributed by atoms with Gasteiger partial charge in [0.2, 0.25) is 0 Å². The molecule has 0 spiro atoms. The zero-order chi connectivity index (χ0) is 16.9. The second kappa shape index (κ2) is 7.81. The summed E-state index contributed by atoms with van der Waals surface area (Å²) in [6, 6.07) is 0.269. The highest BCUT2D eigenvalue weighted by molar-refractivity contribution is 7.09. The summed E-state index contributed by atoms with van der Waals surface area (Å²) in [5.74, 6) is 0.0946. The molecule has 1 saturated heterocycles. The molecule has 1 atom stereocenters. The first-order valence-electron chi connectivity index (χ1n) is 8.31. The lowest BCUT2D eigenvalue weighted by atomic mass is 9.96. The van der Waals surface area contributed by atoms with E-state index in [0.717, 1.165) is 36.6 Å². The Bertz CT molecular complexity index is 668. The Balaban J connectivity index is 1.58. The molecule has 24 heavy (non-hydrogen) atoms. The van der Waals surface area contributed by atoms with Crippen LogP contribution in [0.2, 0.25) is 0 Å². The van der Waals surface area contributed by atoms with Crippen LogP contribution in [-0.2, 0) is 4.74 Å². The van der Waals surface area contributed by atoms with Crippen molar-refractivity contribution in [1.29, 1.82) is 0 Å². The van der Waals surface area contributed by atoms with Gasteiger partial charge in [0.1, 0.15) is 0 Å². The van der Waals surface area contributed by atoms with E-state index in [9.17, 15) is 4.79 Å². The number of esters is 1. The first-order chi connectivity index (χ1) is 11.7. The van der Waals surface area contributed by atoms with Crippen molar-refractivity contribution in [2.75, 3.05) is 19.7 Å². The van der Waals surface area contributed by atoms with Gasteiger partial charge in [0.05, 0.1) is 23.4 Å². The monoisotopic (exact) mass is 346 g/mol. The van der Waals surface area contributed by atoms with Gasteiger partial charge in [0, 0.05) is 29.9 Å². The zero-order valence-corrected chi connectivity index (χ0v) is 14.8. The predicted octanol–water partition coefficient (Wildman–Crippen LogP) is 3.05. The number of hydrogen-bond acceptors (Lipinski definition) is 7. The van der Waals surface area contributed by atoms with Gasteiger partial charge in [0.25, 0.3) is 0 Å². The van der Waals surface area contributed by atoms with E-state index in [-0.39, 0.29) is 12.0 Å². The molecule has 0 N–H and O–H groups in total. The van der Waals surface area contributed by atoms with E-state index < -0.39 is 0 Å². The molecule has 0 amide bonds. The van der Waals surface area contributed by atoms with Crippen LogP contribution in [0.25, 0.3) is 0 Å². The van der Waals surface area contributed by atoms with Crippen LogP contribution in [-0.4, -0.2) is 45.5 Å². The van der Waals surface area contributed by atoms with E-state index in [0.29, 0.717) is 18.2 Å². The fraction of sp³-hybridized carbons (Fsp3) is 0.529. The molecule has 3 heterocycles. The maximum atomic E-state index is 11.7. The maximum absolute atomic E-state index is 11.7. The highest BCUT2D eigenvalue weighted by Gasteiger charge is 2.27. The first kappa shape index (κ1) is 17.0. The molecule has 0 unspecified atom stereocenters. The highest BCUT2D eigenvalue weighted by atomic mass is 32.1. The van der Waals surface area contributed by atoms with Crippen molar-refractivity contribution >= 4 is 17.3 Å². The van der Waals surface area contributed by atoms with Gasteiger partial charge in [-0.2, -0.15) is 0 Å². The molecule has 1 aliphatic heterocycles. The van der Waals surface area contributed by atoms with Gasteiger partial charge < -0.3 is 4.74 Å². The molecule has 6 nitrogen and oxygen atoms in total. The Kier molecular flexibility index (Phi) is 5.52. The van der Waals surface area contributed by atoms with E-state index in [1.54, 1.807) is 30.7 Å². The van der Waals surface area contributed by atoms with Gasteiger partial charge in [-0.1, -0.05) is 0 Å². The summed E-state index contributed by atoms with van der Waals surface area (Å²) < 4.78 is 5.01. The number of piperidine rings is 1. The van der Waals surface area contributed by atoms with Crippen LogP contribution in [0.4, 0.5) is 0 Å². The molecular formula is C17H22N4O2S. The van der Waals surface area contributed by atoms with Gasteiger partial charge in [-0.3, -0.25) is 14.9 Å². The number of hydrogen-bond donors (Lipinski definition) is 0. The Morgan fingerprint density at radius 1 is 1.42 bits per heavy atom. The van der Waals surface area contributed by atoms with Crippen molar-refractivity contribution in [3.63, 3.8) is 0 Å². The molecule has 2 aromatic heterocycles. The molecule has 2 aromatic rings. The molecule has 0 aliphatic carbocycles. The molecule has 7 heteroatoms. The molecule has 1 aliphatic rings. The summed E-state index contributed by atoms with van der Waals surface area (Å²) in [6.07, 6.45) is 7.36. The quantitative estimate of drug-likeness (QED) is 0.775. The number of carbonyl (C=O) groups excluding carboxylic acids is 1. The van der Waals surface area contributed by atoms with E-state index in [4.69, 9.17) is 4.74 Å². The van der Waals surface area contributed by atoms with E-state index in [2.05, 4.69) is 26.8 Å². The lowest BCUT2D eigenvalue weighted by molar-refractivity contribution is 0.0520. The van der Waals surface area contributed by atoms with Crippen molar-refractivity contribution < 1.29 is 9.53 Å². The van der Waals surface area contributed by atoms with Crippen molar-refractivity contribution in [3.8, 4) is 0 Å². The van der Waals surface area contributed by atoms with Crippen LogP contribution >= 0.6 is 11.3 Å². The average molecular weight is 346 g/mol. The number of carbonyl (C=O) groups is 1. The molecule has 1 fully saturated rings. The number of likely N-dealkylation sites (tertiary alicyclic amines) is 1. The summed E-state index contributed by atoms with van der Waals surface area (Å²) >= 11 is 1.56. The van der Waals surface area contributed by atoms with Gasteiger partial charge in [-0.25, -0.2) is 9.78 Å². The third-order valence-corrected chi connectivity index (χ3v) is 5.45. The number of ether oxygens (including phenoxy) is 1. The zero-order valence-electron chi connectivity index (χ0n) is 14.0. The van der Waals surface area contributed by atoms with Crippen molar-refractivity contribution in [2.45, 2.75) is 38.6 Å². The van der Waals surface area contributed by atoms with Crippen molar-refractivity contribution in [3.05, 3.63) is 40.4 Å². The van der Waals surface area contributed by atoms with Crippen LogP contribution in [0, 0.1) is 0 Å². The van der Waals surface area contributed by atoms with E-state index in [1.807, 2.05) is 11.6 Å². The summed E-state index contributed by atoms with van der Waals surface area (Å²) in [7, 11) is 0. The van der Waals surface area contributed by atoms with Gasteiger partial charge in [-0.05, 0) is 39.8 Å². The largest absolute Gasteiger partial charge is 0.461 e. The maximum Gasteiger partial charge on any atom is 0.357 e. The summed E-state index contributed by atoms with van der Waals surface area (Å²) in [5.41, 5.74) is 1.45. The van der Waals surface area contributed by atoms with Crippen LogP contribution in [0.5, 0.6) is 0 Å². The Hall–Kier alpha value is -1.86. The molecule has 0 saturated carbocycles. The predicted molar refractivity (Wildman–Crippen MR) is 92.1 cm³/mol. The summed E-state index contributed by atoms with van der Waals surface area (Å²) in [6.45, 7) is 6.35. The fourth-order valence-electron chi connectivity index (χ4n) is 3.02. The molecular weight excluding hydrogens is 324 g/mol. The minimum atomic E-state index is -0.325. The second-order valence-corrected chi connectivity index (χ2v) is 6.80. The molecule has 128 valence electrons. The molecule has 0 radical (unpaired) electrons. The topological polar surface area (TPSA) is 68.2 Å². The van der Waals surface area contributed by atoms with Crippen molar-refractivity contribution in [1.82, 2.24) is 19.9 Å². The third kappa shape index (κ3) is 3.79. The van der Waals surface area contributed by atoms with Crippen LogP contribution < -0.4 is 0 Å². The molecule has 0 aromatic carbocycles.